The van der Waals surface area contributed by atoms with E-state index in [4.69, 9.17) is 0 Å². The van der Waals surface area contributed by atoms with Crippen LogP contribution < -0.4 is 5.32 Å². The molecule has 0 bridgehead atoms. The zero-order valence-electron chi connectivity index (χ0n) is 10.8. The van der Waals surface area contributed by atoms with Crippen LogP contribution in [0.15, 0.2) is 36.4 Å². The van der Waals surface area contributed by atoms with Crippen LogP contribution in [0.4, 0.5) is 0 Å². The minimum atomic E-state index is 0.107. The van der Waals surface area contributed by atoms with Crippen molar-refractivity contribution in [2.24, 2.45) is 0 Å². The molecule has 1 aromatic carbocycles. The Kier molecular flexibility index (Phi) is 4.53. The molecule has 1 saturated heterocycles. The molecule has 1 unspecified atom stereocenters. The van der Waals surface area contributed by atoms with Crippen LogP contribution >= 0.6 is 0 Å². The number of benzene rings is 1. The summed E-state index contributed by atoms with van der Waals surface area (Å²) in [5.41, 5.74) is 1.06. The molecule has 1 heterocycles. The Hall–Kier alpha value is -1.61. The van der Waals surface area contributed by atoms with Gasteiger partial charge in [0.15, 0.2) is 0 Å². The number of nitrogens with zero attached hydrogens (tertiary/aromatic N) is 1. The van der Waals surface area contributed by atoms with E-state index in [1.165, 1.54) is 0 Å². The molecule has 0 radical (unpaired) electrons. The van der Waals surface area contributed by atoms with E-state index in [1.807, 2.05) is 48.2 Å². The molecule has 1 amide bonds. The SMILES string of the molecule is CCN(C(=O)/C=C/c1ccccc1)C1CCNC1. The third-order valence-electron chi connectivity index (χ3n) is 3.32. The summed E-state index contributed by atoms with van der Waals surface area (Å²) in [5, 5.41) is 3.30. The lowest BCUT2D eigenvalue weighted by atomic mass is 10.2. The molecular formula is C15H20N2O. The highest BCUT2D eigenvalue weighted by Crippen LogP contribution is 2.10. The highest BCUT2D eigenvalue weighted by atomic mass is 16.2. The third-order valence-corrected chi connectivity index (χ3v) is 3.32. The van der Waals surface area contributed by atoms with E-state index in [0.29, 0.717) is 6.04 Å². The first-order chi connectivity index (χ1) is 8.81. The average molecular weight is 244 g/mol. The smallest absolute Gasteiger partial charge is 0.246 e. The maximum absolute atomic E-state index is 12.1. The van der Waals surface area contributed by atoms with Crippen molar-refractivity contribution in [2.45, 2.75) is 19.4 Å². The highest BCUT2D eigenvalue weighted by molar-refractivity contribution is 5.92. The quantitative estimate of drug-likeness (QED) is 0.821. The molecule has 3 nitrogen and oxygen atoms in total. The van der Waals surface area contributed by atoms with Gasteiger partial charge in [0.2, 0.25) is 5.91 Å². The molecule has 2 rings (SSSR count). The summed E-state index contributed by atoms with van der Waals surface area (Å²) in [6, 6.07) is 10.3. The van der Waals surface area contributed by atoms with Crippen LogP contribution in [0.3, 0.4) is 0 Å². The number of carbonyl (C=O) groups excluding carboxylic acids is 1. The van der Waals surface area contributed by atoms with Gasteiger partial charge in [0, 0.05) is 25.2 Å². The van der Waals surface area contributed by atoms with Gasteiger partial charge >= 0.3 is 0 Å². The number of amides is 1. The zero-order chi connectivity index (χ0) is 12.8. The van der Waals surface area contributed by atoms with E-state index in [9.17, 15) is 4.79 Å². The van der Waals surface area contributed by atoms with Crippen LogP contribution in [-0.2, 0) is 4.79 Å². The van der Waals surface area contributed by atoms with Crippen molar-refractivity contribution in [3.05, 3.63) is 42.0 Å². The fraction of sp³-hybridized carbons (Fsp3) is 0.400. The molecule has 0 aliphatic carbocycles. The van der Waals surface area contributed by atoms with Gasteiger partial charge in [0.05, 0.1) is 0 Å². The number of hydrogen-bond donors (Lipinski definition) is 1. The molecule has 1 atom stereocenters. The predicted octanol–water partition coefficient (Wildman–Crippen LogP) is 1.91. The maximum atomic E-state index is 12.1. The number of hydrogen-bond acceptors (Lipinski definition) is 2. The van der Waals surface area contributed by atoms with Gasteiger partial charge in [-0.25, -0.2) is 0 Å². The first-order valence-corrected chi connectivity index (χ1v) is 6.55. The van der Waals surface area contributed by atoms with Crippen molar-refractivity contribution in [1.82, 2.24) is 10.2 Å². The van der Waals surface area contributed by atoms with E-state index >= 15 is 0 Å². The van der Waals surface area contributed by atoms with Gasteiger partial charge in [-0.2, -0.15) is 0 Å². The molecule has 0 aromatic heterocycles. The monoisotopic (exact) mass is 244 g/mol. The molecule has 1 aliphatic rings. The Morgan fingerprint density at radius 2 is 2.22 bits per heavy atom. The van der Waals surface area contributed by atoms with Crippen LogP contribution in [0.1, 0.15) is 18.9 Å². The number of rotatable bonds is 4. The average Bonchev–Trinajstić information content (AvgIpc) is 2.92. The van der Waals surface area contributed by atoms with Crippen LogP contribution in [0.2, 0.25) is 0 Å². The Morgan fingerprint density at radius 1 is 1.44 bits per heavy atom. The molecule has 0 saturated carbocycles. The number of likely N-dealkylation sites (N-methyl/N-ethyl adjacent to an activating group) is 1. The standard InChI is InChI=1S/C15H20N2O/c1-2-17(14-10-11-16-12-14)15(18)9-8-13-6-4-3-5-7-13/h3-9,14,16H,2,10-12H2,1H3/b9-8+. The molecule has 0 spiro atoms. The van der Waals surface area contributed by atoms with Gasteiger partial charge < -0.3 is 10.2 Å². The lowest BCUT2D eigenvalue weighted by Crippen LogP contribution is -2.40. The van der Waals surface area contributed by atoms with E-state index < -0.39 is 0 Å². The molecule has 1 aromatic rings. The highest BCUT2D eigenvalue weighted by Gasteiger charge is 2.23. The van der Waals surface area contributed by atoms with E-state index in [0.717, 1.165) is 31.6 Å². The summed E-state index contributed by atoms with van der Waals surface area (Å²) in [4.78, 5) is 14.1. The number of carbonyl (C=O) groups is 1. The Labute approximate surface area is 108 Å². The lowest BCUT2D eigenvalue weighted by molar-refractivity contribution is -0.127. The van der Waals surface area contributed by atoms with Gasteiger partial charge in [-0.05, 0) is 31.5 Å². The normalized spacial score (nSPS) is 19.3. The summed E-state index contributed by atoms with van der Waals surface area (Å²) in [7, 11) is 0. The third kappa shape index (κ3) is 3.20. The maximum Gasteiger partial charge on any atom is 0.246 e. The van der Waals surface area contributed by atoms with Crippen molar-refractivity contribution in [2.75, 3.05) is 19.6 Å². The zero-order valence-corrected chi connectivity index (χ0v) is 10.8. The van der Waals surface area contributed by atoms with Crippen molar-refractivity contribution in [3.63, 3.8) is 0 Å². The van der Waals surface area contributed by atoms with Gasteiger partial charge in [0.25, 0.3) is 0 Å². The molecular weight excluding hydrogens is 224 g/mol. The van der Waals surface area contributed by atoms with Crippen molar-refractivity contribution < 1.29 is 4.79 Å². The fourth-order valence-corrected chi connectivity index (χ4v) is 2.33. The van der Waals surface area contributed by atoms with Gasteiger partial charge in [-0.15, -0.1) is 0 Å². The van der Waals surface area contributed by atoms with Crippen molar-refractivity contribution >= 4 is 12.0 Å². The topological polar surface area (TPSA) is 32.3 Å². The molecule has 1 N–H and O–H groups in total. The van der Waals surface area contributed by atoms with Crippen LogP contribution in [0.5, 0.6) is 0 Å². The fourth-order valence-electron chi connectivity index (χ4n) is 2.33. The van der Waals surface area contributed by atoms with E-state index in [2.05, 4.69) is 5.32 Å². The van der Waals surface area contributed by atoms with Gasteiger partial charge in [0.1, 0.15) is 0 Å². The summed E-state index contributed by atoms with van der Waals surface area (Å²) in [5.74, 6) is 0.107. The second-order valence-electron chi connectivity index (χ2n) is 4.51. The molecule has 1 fully saturated rings. The first kappa shape index (κ1) is 12.8. The van der Waals surface area contributed by atoms with Crippen LogP contribution in [0, 0.1) is 0 Å². The second kappa shape index (κ2) is 6.36. The lowest BCUT2D eigenvalue weighted by Gasteiger charge is -2.25. The predicted molar refractivity (Wildman–Crippen MR) is 74.1 cm³/mol. The molecule has 1 aliphatic heterocycles. The minimum absolute atomic E-state index is 0.107. The summed E-state index contributed by atoms with van der Waals surface area (Å²) < 4.78 is 0. The van der Waals surface area contributed by atoms with Gasteiger partial charge in [-0.3, -0.25) is 4.79 Å². The van der Waals surface area contributed by atoms with E-state index in [1.54, 1.807) is 6.08 Å². The molecule has 18 heavy (non-hydrogen) atoms. The molecule has 3 heteroatoms. The largest absolute Gasteiger partial charge is 0.335 e. The Bertz CT molecular complexity index is 408. The first-order valence-electron chi connectivity index (χ1n) is 6.55. The van der Waals surface area contributed by atoms with Gasteiger partial charge in [-0.1, -0.05) is 30.3 Å². The van der Waals surface area contributed by atoms with Crippen LogP contribution in [-0.4, -0.2) is 36.5 Å². The summed E-state index contributed by atoms with van der Waals surface area (Å²) in [6.07, 6.45) is 4.61. The Morgan fingerprint density at radius 3 is 2.83 bits per heavy atom. The summed E-state index contributed by atoms with van der Waals surface area (Å²) >= 11 is 0. The Balaban J connectivity index is 1.99. The van der Waals surface area contributed by atoms with E-state index in [-0.39, 0.29) is 5.91 Å². The van der Waals surface area contributed by atoms with Crippen molar-refractivity contribution in [1.29, 1.82) is 0 Å². The minimum Gasteiger partial charge on any atom is -0.335 e. The number of nitrogens with one attached hydrogen (secondary N) is 1. The van der Waals surface area contributed by atoms with Crippen LogP contribution in [0.25, 0.3) is 6.08 Å². The van der Waals surface area contributed by atoms with Crippen molar-refractivity contribution in [3.8, 4) is 0 Å². The second-order valence-corrected chi connectivity index (χ2v) is 4.51. The molecule has 96 valence electrons. The summed E-state index contributed by atoms with van der Waals surface area (Å²) in [6.45, 7) is 4.73.